The normalized spacial score (nSPS) is 15.2. The molecule has 0 unspecified atom stereocenters. The van der Waals surface area contributed by atoms with Crippen molar-refractivity contribution in [2.24, 2.45) is 0 Å². The summed E-state index contributed by atoms with van der Waals surface area (Å²) in [5, 5.41) is 21.4. The Balaban J connectivity index is 1.75. The fourth-order valence-electron chi connectivity index (χ4n) is 2.86. The third kappa shape index (κ3) is 2.86. The van der Waals surface area contributed by atoms with Crippen LogP contribution in [0.25, 0.3) is 11.0 Å². The van der Waals surface area contributed by atoms with Gasteiger partial charge in [0.15, 0.2) is 0 Å². The fourth-order valence-corrected chi connectivity index (χ4v) is 2.86. The maximum Gasteiger partial charge on any atom is 0.231 e. The van der Waals surface area contributed by atoms with Crippen molar-refractivity contribution in [3.8, 4) is 6.07 Å². The summed E-state index contributed by atoms with van der Waals surface area (Å²) in [6, 6.07) is 2.48. The SMILES string of the molecule is Cc1nn(C(C)C)cc1Nc1nc(NC2(C)CC2)c2c(C#N)c[nH]c2n1. The van der Waals surface area contributed by atoms with Gasteiger partial charge in [-0.3, -0.25) is 4.68 Å². The molecule has 8 heteroatoms. The van der Waals surface area contributed by atoms with E-state index in [2.05, 4.69) is 57.5 Å². The number of nitrogens with zero attached hydrogens (tertiary/aromatic N) is 5. The molecular weight excluding hydrogens is 328 g/mol. The first-order chi connectivity index (χ1) is 12.4. The summed E-state index contributed by atoms with van der Waals surface area (Å²) < 4.78 is 1.91. The molecule has 3 aromatic heterocycles. The number of anilines is 3. The van der Waals surface area contributed by atoms with E-state index in [4.69, 9.17) is 0 Å². The molecule has 0 bridgehead atoms. The first kappa shape index (κ1) is 16.4. The zero-order chi connectivity index (χ0) is 18.5. The van der Waals surface area contributed by atoms with Crippen LogP contribution in [0.2, 0.25) is 0 Å². The topological polar surface area (TPSA) is 107 Å². The molecule has 0 amide bonds. The Kier molecular flexibility index (Phi) is 3.61. The largest absolute Gasteiger partial charge is 0.364 e. The number of fused-ring (bicyclic) bond motifs is 1. The molecule has 1 aliphatic rings. The smallest absolute Gasteiger partial charge is 0.231 e. The van der Waals surface area contributed by atoms with Gasteiger partial charge in [0.2, 0.25) is 5.95 Å². The maximum atomic E-state index is 9.38. The van der Waals surface area contributed by atoms with E-state index >= 15 is 0 Å². The van der Waals surface area contributed by atoms with E-state index in [1.807, 2.05) is 17.8 Å². The molecule has 0 aromatic carbocycles. The number of nitrogens with one attached hydrogen (secondary N) is 3. The van der Waals surface area contributed by atoms with Gasteiger partial charge in [-0.25, -0.2) is 0 Å². The Labute approximate surface area is 151 Å². The number of nitriles is 1. The molecule has 1 aliphatic carbocycles. The average molecular weight is 350 g/mol. The monoisotopic (exact) mass is 350 g/mol. The van der Waals surface area contributed by atoms with Crippen LogP contribution in [0.1, 0.15) is 50.9 Å². The van der Waals surface area contributed by atoms with Crippen LogP contribution in [-0.2, 0) is 0 Å². The van der Waals surface area contributed by atoms with Crippen LogP contribution in [-0.4, -0.2) is 30.3 Å². The Morgan fingerprint density at radius 3 is 2.73 bits per heavy atom. The van der Waals surface area contributed by atoms with Gasteiger partial charge in [0, 0.05) is 24.0 Å². The lowest BCUT2D eigenvalue weighted by Crippen LogP contribution is -2.18. The van der Waals surface area contributed by atoms with Gasteiger partial charge < -0.3 is 15.6 Å². The number of hydrogen-bond donors (Lipinski definition) is 3. The lowest BCUT2D eigenvalue weighted by molar-refractivity contribution is 0.529. The molecule has 134 valence electrons. The maximum absolute atomic E-state index is 9.38. The first-order valence-electron chi connectivity index (χ1n) is 8.79. The highest BCUT2D eigenvalue weighted by Crippen LogP contribution is 2.40. The third-order valence-electron chi connectivity index (χ3n) is 4.76. The Morgan fingerprint density at radius 2 is 2.12 bits per heavy atom. The predicted molar refractivity (Wildman–Crippen MR) is 100 cm³/mol. The molecule has 0 saturated heterocycles. The lowest BCUT2D eigenvalue weighted by atomic mass is 10.2. The van der Waals surface area contributed by atoms with Gasteiger partial charge in [-0.15, -0.1) is 0 Å². The molecule has 26 heavy (non-hydrogen) atoms. The van der Waals surface area contributed by atoms with Crippen molar-refractivity contribution < 1.29 is 0 Å². The van der Waals surface area contributed by atoms with E-state index < -0.39 is 0 Å². The Bertz CT molecular complexity index is 1020. The second kappa shape index (κ2) is 5.73. The van der Waals surface area contributed by atoms with E-state index in [1.54, 1.807) is 6.20 Å². The van der Waals surface area contributed by atoms with Crippen molar-refractivity contribution in [1.29, 1.82) is 5.26 Å². The van der Waals surface area contributed by atoms with Crippen molar-refractivity contribution in [2.45, 2.75) is 52.1 Å². The van der Waals surface area contributed by atoms with Crippen LogP contribution < -0.4 is 10.6 Å². The summed E-state index contributed by atoms with van der Waals surface area (Å²) in [5.74, 6) is 1.16. The average Bonchev–Trinajstić information content (AvgIpc) is 3.01. The molecule has 3 N–H and O–H groups in total. The second-order valence-electron chi connectivity index (χ2n) is 7.45. The van der Waals surface area contributed by atoms with Gasteiger partial charge in [-0.2, -0.15) is 20.3 Å². The number of aromatic nitrogens is 5. The zero-order valence-corrected chi connectivity index (χ0v) is 15.4. The van der Waals surface area contributed by atoms with Gasteiger partial charge in [0.05, 0.1) is 22.3 Å². The van der Waals surface area contributed by atoms with E-state index in [0.717, 1.165) is 29.6 Å². The van der Waals surface area contributed by atoms with E-state index in [9.17, 15) is 5.26 Å². The zero-order valence-electron chi connectivity index (χ0n) is 15.4. The molecule has 8 nitrogen and oxygen atoms in total. The van der Waals surface area contributed by atoms with E-state index in [0.29, 0.717) is 23.0 Å². The molecule has 3 aromatic rings. The quantitative estimate of drug-likeness (QED) is 0.649. The van der Waals surface area contributed by atoms with Crippen LogP contribution in [0.5, 0.6) is 0 Å². The van der Waals surface area contributed by atoms with E-state index in [1.165, 1.54) is 0 Å². The van der Waals surface area contributed by atoms with Crippen molar-refractivity contribution >= 4 is 28.5 Å². The van der Waals surface area contributed by atoms with Crippen LogP contribution >= 0.6 is 0 Å². The number of rotatable bonds is 5. The number of aryl methyl sites for hydroxylation is 1. The molecule has 1 fully saturated rings. The van der Waals surface area contributed by atoms with E-state index in [-0.39, 0.29) is 11.6 Å². The first-order valence-corrected chi connectivity index (χ1v) is 8.79. The highest BCUT2D eigenvalue weighted by Gasteiger charge is 2.38. The molecule has 0 atom stereocenters. The van der Waals surface area contributed by atoms with Crippen molar-refractivity contribution in [3.05, 3.63) is 23.7 Å². The summed E-state index contributed by atoms with van der Waals surface area (Å²) in [7, 11) is 0. The highest BCUT2D eigenvalue weighted by molar-refractivity contribution is 5.94. The third-order valence-corrected chi connectivity index (χ3v) is 4.76. The van der Waals surface area contributed by atoms with Crippen molar-refractivity contribution in [3.63, 3.8) is 0 Å². The van der Waals surface area contributed by atoms with Gasteiger partial charge in [-0.1, -0.05) is 0 Å². The lowest BCUT2D eigenvalue weighted by Gasteiger charge is -2.14. The molecule has 0 aliphatic heterocycles. The number of H-pyrrole nitrogens is 1. The van der Waals surface area contributed by atoms with Crippen LogP contribution in [0, 0.1) is 18.3 Å². The minimum atomic E-state index is 0.0427. The van der Waals surface area contributed by atoms with Gasteiger partial charge in [0.25, 0.3) is 0 Å². The highest BCUT2D eigenvalue weighted by atomic mass is 15.3. The molecule has 3 heterocycles. The summed E-state index contributed by atoms with van der Waals surface area (Å²) in [4.78, 5) is 12.3. The molecular formula is C18H22N8. The summed E-state index contributed by atoms with van der Waals surface area (Å²) in [5.41, 5.74) is 2.98. The molecule has 0 radical (unpaired) electrons. The van der Waals surface area contributed by atoms with Crippen LogP contribution in [0.15, 0.2) is 12.4 Å². The molecule has 0 spiro atoms. The fraction of sp³-hybridized carbons (Fsp3) is 0.444. The summed E-state index contributed by atoms with van der Waals surface area (Å²) in [6.07, 6.45) is 5.81. The summed E-state index contributed by atoms with van der Waals surface area (Å²) >= 11 is 0. The van der Waals surface area contributed by atoms with Gasteiger partial charge in [0.1, 0.15) is 17.5 Å². The minimum Gasteiger partial charge on any atom is -0.364 e. The molecule has 1 saturated carbocycles. The Hall–Kier alpha value is -3.08. The van der Waals surface area contributed by atoms with Crippen LogP contribution in [0.4, 0.5) is 17.5 Å². The molecule has 4 rings (SSSR count). The van der Waals surface area contributed by atoms with Crippen molar-refractivity contribution in [1.82, 2.24) is 24.7 Å². The number of hydrogen-bond acceptors (Lipinski definition) is 6. The van der Waals surface area contributed by atoms with Gasteiger partial charge >= 0.3 is 0 Å². The second-order valence-corrected chi connectivity index (χ2v) is 7.45. The van der Waals surface area contributed by atoms with Crippen molar-refractivity contribution in [2.75, 3.05) is 10.6 Å². The van der Waals surface area contributed by atoms with Gasteiger partial charge in [-0.05, 0) is 40.5 Å². The van der Waals surface area contributed by atoms with Crippen LogP contribution in [0.3, 0.4) is 0 Å². The number of aromatic amines is 1. The predicted octanol–water partition coefficient (Wildman–Crippen LogP) is 3.62. The minimum absolute atomic E-state index is 0.0427. The Morgan fingerprint density at radius 1 is 1.35 bits per heavy atom. The summed E-state index contributed by atoms with van der Waals surface area (Å²) in [6.45, 7) is 8.27. The standard InChI is InChI=1S/C18H22N8/c1-10(2)26-9-13(11(3)25-26)21-17-22-15-14(12(7-19)8-20-15)16(23-17)24-18(4)5-6-18/h8-10H,5-6H2,1-4H3,(H3,20,21,22,23,24).